The molecule has 14 rings (SSSR count). The van der Waals surface area contributed by atoms with Crippen molar-refractivity contribution >= 4 is 38.5 Å². The van der Waals surface area contributed by atoms with Crippen LogP contribution in [0.5, 0.6) is 0 Å². The summed E-state index contributed by atoms with van der Waals surface area (Å²) in [4.78, 5) is 2.44. The van der Waals surface area contributed by atoms with E-state index < -0.39 is 10.8 Å². The molecule has 0 radical (unpaired) electrons. The lowest BCUT2D eigenvalue weighted by Crippen LogP contribution is -2.28. The highest BCUT2D eigenvalue weighted by Crippen LogP contribution is 2.59. The molecule has 0 bridgehead atoms. The number of hydrogen-bond donors (Lipinski definition) is 0. The summed E-state index contributed by atoms with van der Waals surface area (Å²) < 4.78 is 1.30. The second kappa shape index (κ2) is 16.9. The Morgan fingerprint density at radius 3 is 1.19 bits per heavy atom. The quantitative estimate of drug-likeness (QED) is 0.139. The van der Waals surface area contributed by atoms with Crippen LogP contribution in [0.25, 0.3) is 54.6 Å². The second-order valence-electron chi connectivity index (χ2n) is 19.1. The van der Waals surface area contributed by atoms with Crippen LogP contribution in [0.4, 0.5) is 17.1 Å². The van der Waals surface area contributed by atoms with Crippen molar-refractivity contribution in [3.63, 3.8) is 0 Å². The van der Waals surface area contributed by atoms with E-state index in [9.17, 15) is 0 Å². The first-order valence-electron chi connectivity index (χ1n) is 24.9. The van der Waals surface area contributed by atoms with Crippen molar-refractivity contribution in [1.29, 1.82) is 0 Å². The molecule has 2 aliphatic rings. The Morgan fingerprint density at radius 1 is 0.264 bits per heavy atom. The van der Waals surface area contributed by atoms with Gasteiger partial charge in [0.25, 0.3) is 0 Å². The maximum Gasteiger partial charge on any atom is 0.0714 e. The average molecular weight is 934 g/mol. The van der Waals surface area contributed by atoms with Crippen LogP contribution in [-0.2, 0) is 10.8 Å². The lowest BCUT2D eigenvalue weighted by molar-refractivity contribution is 0.768. The smallest absolute Gasteiger partial charge is 0.0714 e. The van der Waals surface area contributed by atoms with Gasteiger partial charge in [0.05, 0.1) is 10.8 Å². The van der Waals surface area contributed by atoms with Crippen LogP contribution in [0.1, 0.15) is 44.5 Å². The number of anilines is 3. The molecule has 0 saturated heterocycles. The van der Waals surface area contributed by atoms with Crippen LogP contribution >= 0.6 is 11.3 Å². The standard InChI is InChI=1S/C70H47NS/c1-5-18-51(19-6-1)69(52-20-7-2-8-21-52)64-29-15-13-26-59(64)61-42-36-50(46-66(61)69)48-32-37-55(38-33-48)71(56-39-34-49(35-40-56)58-28-17-31-68-63(58)44-45-72-68)57-41-43-62-60-27-14-16-30-65(60)70(67(62)47-57,53-22-9-3-10-23-53)54-24-11-4-12-25-54/h1-47H. The van der Waals surface area contributed by atoms with Crippen molar-refractivity contribution in [2.75, 3.05) is 4.90 Å². The van der Waals surface area contributed by atoms with E-state index in [2.05, 4.69) is 289 Å². The molecule has 338 valence electrons. The molecule has 2 heteroatoms. The summed E-state index contributed by atoms with van der Waals surface area (Å²) in [6.45, 7) is 0. The molecular weight excluding hydrogens is 887 g/mol. The number of fused-ring (bicyclic) bond motifs is 7. The molecule has 0 atom stereocenters. The molecule has 11 aromatic carbocycles. The Balaban J connectivity index is 0.935. The van der Waals surface area contributed by atoms with E-state index >= 15 is 0 Å². The number of thiophene rings is 1. The Hall–Kier alpha value is -8.82. The molecule has 0 saturated carbocycles. The molecule has 1 heterocycles. The minimum absolute atomic E-state index is 0.468. The van der Waals surface area contributed by atoms with Crippen LogP contribution in [0, 0.1) is 0 Å². The van der Waals surface area contributed by atoms with Crippen LogP contribution in [0.2, 0.25) is 0 Å². The summed E-state index contributed by atoms with van der Waals surface area (Å²) in [5.41, 5.74) is 22.5. The van der Waals surface area contributed by atoms with Crippen molar-refractivity contribution in [2.45, 2.75) is 10.8 Å². The monoisotopic (exact) mass is 933 g/mol. The average Bonchev–Trinajstić information content (AvgIpc) is 4.15. The normalized spacial score (nSPS) is 13.5. The van der Waals surface area contributed by atoms with Gasteiger partial charge in [-0.05, 0) is 149 Å². The zero-order chi connectivity index (χ0) is 47.6. The van der Waals surface area contributed by atoms with E-state index in [0.29, 0.717) is 0 Å². The van der Waals surface area contributed by atoms with Gasteiger partial charge in [-0.15, -0.1) is 11.3 Å². The first-order chi connectivity index (χ1) is 35.7. The Labute approximate surface area is 425 Å². The minimum atomic E-state index is -0.523. The van der Waals surface area contributed by atoms with E-state index in [1.54, 1.807) is 11.3 Å². The molecule has 0 spiro atoms. The molecule has 2 aliphatic carbocycles. The van der Waals surface area contributed by atoms with Gasteiger partial charge in [0.1, 0.15) is 0 Å². The van der Waals surface area contributed by atoms with E-state index in [-0.39, 0.29) is 0 Å². The zero-order valence-corrected chi connectivity index (χ0v) is 40.3. The predicted octanol–water partition coefficient (Wildman–Crippen LogP) is 18.4. The third kappa shape index (κ3) is 6.32. The van der Waals surface area contributed by atoms with Crippen molar-refractivity contribution in [1.82, 2.24) is 0 Å². The molecule has 12 aromatic rings. The van der Waals surface area contributed by atoms with Crippen LogP contribution < -0.4 is 4.90 Å². The van der Waals surface area contributed by atoms with Crippen molar-refractivity contribution in [3.05, 3.63) is 329 Å². The largest absolute Gasteiger partial charge is 0.310 e. The van der Waals surface area contributed by atoms with Crippen LogP contribution in [-0.4, -0.2) is 0 Å². The van der Waals surface area contributed by atoms with Gasteiger partial charge in [-0.25, -0.2) is 0 Å². The second-order valence-corrected chi connectivity index (χ2v) is 20.1. The summed E-state index contributed by atoms with van der Waals surface area (Å²) in [5, 5.41) is 3.48. The maximum atomic E-state index is 2.47. The molecule has 1 nitrogen and oxygen atoms in total. The fourth-order valence-corrected chi connectivity index (χ4v) is 13.3. The fraction of sp³-hybridized carbons (Fsp3) is 0.0286. The van der Waals surface area contributed by atoms with Crippen molar-refractivity contribution in [2.24, 2.45) is 0 Å². The van der Waals surface area contributed by atoms with Gasteiger partial charge in [-0.1, -0.05) is 224 Å². The number of rotatable bonds is 9. The van der Waals surface area contributed by atoms with E-state index in [1.165, 1.54) is 99.1 Å². The van der Waals surface area contributed by atoms with Crippen molar-refractivity contribution in [3.8, 4) is 44.5 Å². The first kappa shape index (κ1) is 42.1. The Kier molecular flexibility index (Phi) is 9.91. The summed E-state index contributed by atoms with van der Waals surface area (Å²) in [7, 11) is 0. The number of hydrogen-bond acceptors (Lipinski definition) is 2. The van der Waals surface area contributed by atoms with Gasteiger partial charge < -0.3 is 4.90 Å². The maximum absolute atomic E-state index is 2.47. The lowest BCUT2D eigenvalue weighted by Gasteiger charge is -2.35. The van der Waals surface area contributed by atoms with Gasteiger partial charge in [-0.2, -0.15) is 0 Å². The molecule has 0 amide bonds. The van der Waals surface area contributed by atoms with Gasteiger partial charge in [0.2, 0.25) is 0 Å². The highest BCUT2D eigenvalue weighted by Gasteiger charge is 2.47. The fourth-order valence-electron chi connectivity index (χ4n) is 12.5. The third-order valence-corrected chi connectivity index (χ3v) is 16.4. The molecule has 1 aromatic heterocycles. The van der Waals surface area contributed by atoms with E-state index in [0.717, 1.165) is 17.1 Å². The summed E-state index contributed by atoms with van der Waals surface area (Å²) in [6.07, 6.45) is 0. The topological polar surface area (TPSA) is 3.24 Å². The summed E-state index contributed by atoms with van der Waals surface area (Å²) >= 11 is 1.79. The number of nitrogens with zero attached hydrogens (tertiary/aromatic N) is 1. The van der Waals surface area contributed by atoms with Gasteiger partial charge >= 0.3 is 0 Å². The first-order valence-corrected chi connectivity index (χ1v) is 25.8. The summed E-state index contributed by atoms with van der Waals surface area (Å²) in [5.74, 6) is 0. The molecule has 0 N–H and O–H groups in total. The summed E-state index contributed by atoms with van der Waals surface area (Å²) in [6, 6.07) is 104. The van der Waals surface area contributed by atoms with Crippen LogP contribution in [0.15, 0.2) is 284 Å². The minimum Gasteiger partial charge on any atom is -0.310 e. The molecule has 0 fully saturated rings. The third-order valence-electron chi connectivity index (χ3n) is 15.5. The predicted molar refractivity (Wildman–Crippen MR) is 302 cm³/mol. The Morgan fingerprint density at radius 2 is 0.667 bits per heavy atom. The van der Waals surface area contributed by atoms with Gasteiger partial charge in [-0.3, -0.25) is 0 Å². The molecule has 0 aliphatic heterocycles. The van der Waals surface area contributed by atoms with E-state index in [4.69, 9.17) is 0 Å². The Bertz CT molecular complexity index is 3870. The van der Waals surface area contributed by atoms with E-state index in [1.807, 2.05) is 0 Å². The zero-order valence-electron chi connectivity index (χ0n) is 39.5. The van der Waals surface area contributed by atoms with Crippen LogP contribution in [0.3, 0.4) is 0 Å². The molecule has 0 unspecified atom stereocenters. The number of benzene rings is 11. The van der Waals surface area contributed by atoms with Gasteiger partial charge in [0, 0.05) is 27.1 Å². The van der Waals surface area contributed by atoms with Crippen molar-refractivity contribution < 1.29 is 0 Å². The van der Waals surface area contributed by atoms with Gasteiger partial charge in [0.15, 0.2) is 0 Å². The molecular formula is C70H47NS. The molecule has 72 heavy (non-hydrogen) atoms. The highest BCUT2D eigenvalue weighted by atomic mass is 32.1. The highest BCUT2D eigenvalue weighted by molar-refractivity contribution is 7.17. The lowest BCUT2D eigenvalue weighted by atomic mass is 9.67. The SMILES string of the molecule is c1ccc(C2(c3ccccc3)c3ccccc3-c3ccc(-c4ccc(N(c5ccc(-c6cccc7sccc67)cc5)c5ccc6c(c5)C(c5ccccc5)(c5ccccc5)c5ccccc5-6)cc4)cc32)cc1.